The second kappa shape index (κ2) is 8.16. The molecule has 0 aliphatic rings. The van der Waals surface area contributed by atoms with Crippen molar-refractivity contribution in [1.29, 1.82) is 0 Å². The lowest BCUT2D eigenvalue weighted by Gasteiger charge is -2.11. The number of carbonyl (C=O) groups excluding carboxylic acids is 2. The third-order valence-corrected chi connectivity index (χ3v) is 3.23. The maximum atomic E-state index is 11.9. The number of nitrogens with one attached hydrogen (secondary N) is 1. The van der Waals surface area contributed by atoms with Gasteiger partial charge in [-0.15, -0.1) is 0 Å². The molecule has 1 N–H and O–H groups in total. The second-order valence-corrected chi connectivity index (χ2v) is 5.16. The van der Waals surface area contributed by atoms with E-state index in [0.717, 1.165) is 0 Å². The van der Waals surface area contributed by atoms with Crippen LogP contribution in [0, 0.1) is 0 Å². The van der Waals surface area contributed by atoms with Gasteiger partial charge in [-0.1, -0.05) is 17.7 Å². The zero-order valence-corrected chi connectivity index (χ0v) is 13.6. The minimum Gasteiger partial charge on any atom is -0.495 e. The van der Waals surface area contributed by atoms with E-state index in [-0.39, 0.29) is 12.1 Å². The third kappa shape index (κ3) is 4.85. The van der Waals surface area contributed by atoms with Gasteiger partial charge < -0.3 is 19.4 Å². The number of nitrogens with zero attached hydrogens (tertiary/aromatic N) is 1. The van der Waals surface area contributed by atoms with Crippen molar-refractivity contribution in [1.82, 2.24) is 4.57 Å². The van der Waals surface area contributed by atoms with Crippen molar-refractivity contribution < 1.29 is 19.1 Å². The summed E-state index contributed by atoms with van der Waals surface area (Å²) in [5, 5.41) is 2.96. The number of methoxy groups -OCH3 is 1. The zero-order valence-electron chi connectivity index (χ0n) is 12.8. The Kier molecular flexibility index (Phi) is 5.97. The molecule has 24 heavy (non-hydrogen) atoms. The smallest absolute Gasteiger partial charge is 0.326 e. The van der Waals surface area contributed by atoms with E-state index in [4.69, 9.17) is 21.1 Å². The van der Waals surface area contributed by atoms with Crippen LogP contribution in [-0.2, 0) is 20.9 Å². The molecule has 0 atom stereocenters. The Hall–Kier alpha value is -2.80. The standard InChI is InChI=1S/C16H15ClN2O5/c1-23-13-6-5-11(17)8-12(13)18-14(20)10-24-16(22)9-19-7-3-2-4-15(19)21/h2-8H,9-10H2,1H3,(H,18,20). The number of anilines is 1. The molecule has 1 aromatic carbocycles. The van der Waals surface area contributed by atoms with Crippen molar-refractivity contribution in [3.8, 4) is 5.75 Å². The number of ether oxygens (including phenoxy) is 2. The van der Waals surface area contributed by atoms with E-state index in [1.165, 1.54) is 30.0 Å². The SMILES string of the molecule is COc1ccc(Cl)cc1NC(=O)COC(=O)Cn1ccccc1=O. The number of amides is 1. The Morgan fingerprint density at radius 3 is 2.75 bits per heavy atom. The molecule has 0 fully saturated rings. The average molecular weight is 351 g/mol. The Bertz CT molecular complexity index is 803. The summed E-state index contributed by atoms with van der Waals surface area (Å²) in [6, 6.07) is 9.25. The summed E-state index contributed by atoms with van der Waals surface area (Å²) in [6.45, 7) is -0.760. The van der Waals surface area contributed by atoms with Crippen LogP contribution in [0.15, 0.2) is 47.4 Å². The van der Waals surface area contributed by atoms with Gasteiger partial charge in [0, 0.05) is 17.3 Å². The number of rotatable bonds is 6. The molecule has 0 spiro atoms. The van der Waals surface area contributed by atoms with E-state index < -0.39 is 18.5 Å². The van der Waals surface area contributed by atoms with Crippen LogP contribution in [0.1, 0.15) is 0 Å². The van der Waals surface area contributed by atoms with Crippen LogP contribution in [0.3, 0.4) is 0 Å². The molecule has 126 valence electrons. The van der Waals surface area contributed by atoms with Gasteiger partial charge >= 0.3 is 5.97 Å². The quantitative estimate of drug-likeness (QED) is 0.801. The summed E-state index contributed by atoms with van der Waals surface area (Å²) in [5.41, 5.74) is 0.0351. The fourth-order valence-electron chi connectivity index (χ4n) is 1.89. The minimum absolute atomic E-state index is 0.270. The van der Waals surface area contributed by atoms with Crippen LogP contribution >= 0.6 is 11.6 Å². The second-order valence-electron chi connectivity index (χ2n) is 4.72. The van der Waals surface area contributed by atoms with Gasteiger partial charge in [-0.25, -0.2) is 0 Å². The molecule has 0 radical (unpaired) electrons. The fourth-order valence-corrected chi connectivity index (χ4v) is 2.06. The molecule has 1 aromatic heterocycles. The van der Waals surface area contributed by atoms with E-state index in [0.29, 0.717) is 16.5 Å². The number of hydrogen-bond acceptors (Lipinski definition) is 5. The number of halogens is 1. The van der Waals surface area contributed by atoms with Gasteiger partial charge in [-0.2, -0.15) is 0 Å². The maximum Gasteiger partial charge on any atom is 0.326 e. The van der Waals surface area contributed by atoms with Crippen LogP contribution < -0.4 is 15.6 Å². The lowest BCUT2D eigenvalue weighted by atomic mass is 10.3. The number of esters is 1. The van der Waals surface area contributed by atoms with Gasteiger partial charge in [-0.05, 0) is 24.3 Å². The monoisotopic (exact) mass is 350 g/mol. The molecule has 0 unspecified atom stereocenters. The van der Waals surface area contributed by atoms with Gasteiger partial charge in [0.1, 0.15) is 12.3 Å². The molecular weight excluding hydrogens is 336 g/mol. The first-order valence-corrected chi connectivity index (χ1v) is 7.32. The minimum atomic E-state index is -0.698. The van der Waals surface area contributed by atoms with Crippen molar-refractivity contribution >= 4 is 29.2 Å². The highest BCUT2D eigenvalue weighted by Gasteiger charge is 2.12. The van der Waals surface area contributed by atoms with E-state index >= 15 is 0 Å². The van der Waals surface area contributed by atoms with Crippen LogP contribution in [0.5, 0.6) is 5.75 Å². The van der Waals surface area contributed by atoms with Crippen molar-refractivity contribution in [2.24, 2.45) is 0 Å². The predicted octanol–water partition coefficient (Wildman–Crippen LogP) is 1.69. The van der Waals surface area contributed by atoms with Gasteiger partial charge in [0.15, 0.2) is 6.61 Å². The molecular formula is C16H15ClN2O5. The fraction of sp³-hybridized carbons (Fsp3) is 0.188. The molecule has 0 aliphatic carbocycles. The van der Waals surface area contributed by atoms with E-state index in [1.807, 2.05) is 0 Å². The molecule has 2 aromatic rings. The molecule has 1 heterocycles. The summed E-state index contributed by atoms with van der Waals surface area (Å²) in [4.78, 5) is 35.0. The molecule has 0 aliphatic heterocycles. The Morgan fingerprint density at radius 2 is 2.04 bits per heavy atom. The average Bonchev–Trinajstić information content (AvgIpc) is 2.55. The zero-order chi connectivity index (χ0) is 17.5. The Morgan fingerprint density at radius 1 is 1.25 bits per heavy atom. The number of aromatic nitrogens is 1. The third-order valence-electron chi connectivity index (χ3n) is 3.00. The largest absolute Gasteiger partial charge is 0.495 e. The first-order chi connectivity index (χ1) is 11.5. The molecule has 0 saturated carbocycles. The van der Waals surface area contributed by atoms with Crippen molar-refractivity contribution in [3.63, 3.8) is 0 Å². The van der Waals surface area contributed by atoms with Gasteiger partial charge in [0.05, 0.1) is 12.8 Å². The van der Waals surface area contributed by atoms with E-state index in [1.54, 1.807) is 24.3 Å². The van der Waals surface area contributed by atoms with Crippen molar-refractivity contribution in [2.45, 2.75) is 6.54 Å². The molecule has 1 amide bonds. The van der Waals surface area contributed by atoms with E-state index in [2.05, 4.69) is 5.32 Å². The lowest BCUT2D eigenvalue weighted by molar-refractivity contribution is -0.147. The summed E-state index contributed by atoms with van der Waals surface area (Å²) < 4.78 is 11.1. The maximum absolute atomic E-state index is 11.9. The van der Waals surface area contributed by atoms with Crippen LogP contribution in [0.2, 0.25) is 5.02 Å². The Labute approximate surface area is 142 Å². The van der Waals surface area contributed by atoms with Crippen LogP contribution in [0.4, 0.5) is 5.69 Å². The number of benzene rings is 1. The highest BCUT2D eigenvalue weighted by molar-refractivity contribution is 6.31. The molecule has 7 nitrogen and oxygen atoms in total. The first-order valence-electron chi connectivity index (χ1n) is 6.94. The van der Waals surface area contributed by atoms with Gasteiger partial charge in [0.2, 0.25) is 0 Å². The normalized spacial score (nSPS) is 10.1. The van der Waals surface area contributed by atoms with Crippen molar-refractivity contribution in [2.75, 3.05) is 19.0 Å². The Balaban J connectivity index is 1.89. The number of carbonyl (C=O) groups is 2. The number of pyridine rings is 1. The topological polar surface area (TPSA) is 86.6 Å². The summed E-state index contributed by atoms with van der Waals surface area (Å²) in [5.74, 6) is -0.823. The molecule has 0 bridgehead atoms. The summed E-state index contributed by atoms with van der Waals surface area (Å²) in [7, 11) is 1.45. The van der Waals surface area contributed by atoms with Crippen LogP contribution in [-0.4, -0.2) is 30.2 Å². The molecule has 2 rings (SSSR count). The van der Waals surface area contributed by atoms with Crippen molar-refractivity contribution in [3.05, 3.63) is 58.0 Å². The first kappa shape index (κ1) is 17.6. The van der Waals surface area contributed by atoms with E-state index in [9.17, 15) is 14.4 Å². The van der Waals surface area contributed by atoms with Gasteiger partial charge in [0.25, 0.3) is 11.5 Å². The lowest BCUT2D eigenvalue weighted by Crippen LogP contribution is -2.27. The summed E-state index contributed by atoms with van der Waals surface area (Å²) >= 11 is 5.87. The number of hydrogen-bond donors (Lipinski definition) is 1. The predicted molar refractivity (Wildman–Crippen MR) is 88.3 cm³/mol. The van der Waals surface area contributed by atoms with Gasteiger partial charge in [-0.3, -0.25) is 14.4 Å². The molecule has 8 heteroatoms. The summed E-state index contributed by atoms with van der Waals surface area (Å²) in [6.07, 6.45) is 1.46. The van der Waals surface area contributed by atoms with Crippen LogP contribution in [0.25, 0.3) is 0 Å². The highest BCUT2D eigenvalue weighted by atomic mass is 35.5. The molecule has 0 saturated heterocycles. The highest BCUT2D eigenvalue weighted by Crippen LogP contribution is 2.27.